The summed E-state index contributed by atoms with van der Waals surface area (Å²) in [6, 6.07) is 4.91. The zero-order valence-corrected chi connectivity index (χ0v) is 12.7. The van der Waals surface area contributed by atoms with E-state index in [1.165, 1.54) is 6.07 Å². The standard InChI is InChI=1S/C15H24N2O3/c1-11(2)6-5-9-16-13-7-8-14(17(18)19)15(10-13)20-12(3)4/h7-8,10-12,16H,5-6,9H2,1-4H3. The molecule has 1 N–H and O–H groups in total. The van der Waals surface area contributed by atoms with Crippen LogP contribution in [0, 0.1) is 16.0 Å². The van der Waals surface area contributed by atoms with Crippen LogP contribution in [-0.2, 0) is 0 Å². The fourth-order valence-electron chi connectivity index (χ4n) is 1.87. The second-order valence-corrected chi connectivity index (χ2v) is 5.57. The van der Waals surface area contributed by atoms with E-state index in [1.807, 2.05) is 13.8 Å². The van der Waals surface area contributed by atoms with Crippen LogP contribution in [0.2, 0.25) is 0 Å². The monoisotopic (exact) mass is 280 g/mol. The van der Waals surface area contributed by atoms with Gasteiger partial charge in [-0.3, -0.25) is 10.1 Å². The molecule has 0 saturated heterocycles. The van der Waals surface area contributed by atoms with E-state index in [0.717, 1.165) is 25.1 Å². The highest BCUT2D eigenvalue weighted by Crippen LogP contribution is 2.30. The molecule has 0 aromatic heterocycles. The molecule has 0 unspecified atom stereocenters. The Balaban J connectivity index is 2.71. The molecule has 1 aromatic carbocycles. The van der Waals surface area contributed by atoms with Crippen LogP contribution < -0.4 is 10.1 Å². The minimum absolute atomic E-state index is 0.00595. The molecule has 20 heavy (non-hydrogen) atoms. The summed E-state index contributed by atoms with van der Waals surface area (Å²) < 4.78 is 5.51. The maximum Gasteiger partial charge on any atom is 0.311 e. The number of hydrogen-bond acceptors (Lipinski definition) is 4. The Kier molecular flexibility index (Phi) is 6.28. The van der Waals surface area contributed by atoms with E-state index in [4.69, 9.17) is 4.74 Å². The third-order valence-electron chi connectivity index (χ3n) is 2.81. The molecule has 1 aromatic rings. The van der Waals surface area contributed by atoms with Crippen molar-refractivity contribution in [3.63, 3.8) is 0 Å². The summed E-state index contributed by atoms with van der Waals surface area (Å²) in [6.07, 6.45) is 2.15. The van der Waals surface area contributed by atoms with Crippen LogP contribution in [0.3, 0.4) is 0 Å². The van der Waals surface area contributed by atoms with Gasteiger partial charge in [-0.15, -0.1) is 0 Å². The molecule has 5 nitrogen and oxygen atoms in total. The molecular formula is C15H24N2O3. The lowest BCUT2D eigenvalue weighted by atomic mass is 10.1. The summed E-state index contributed by atoms with van der Waals surface area (Å²) in [5.41, 5.74) is 0.862. The summed E-state index contributed by atoms with van der Waals surface area (Å²) in [6.45, 7) is 8.96. The number of nitrogens with zero attached hydrogens (tertiary/aromatic N) is 1. The summed E-state index contributed by atoms with van der Waals surface area (Å²) in [7, 11) is 0. The topological polar surface area (TPSA) is 64.4 Å². The number of nitro benzene ring substituents is 1. The minimum atomic E-state index is -0.416. The van der Waals surface area contributed by atoms with E-state index in [9.17, 15) is 10.1 Å². The minimum Gasteiger partial charge on any atom is -0.484 e. The molecule has 0 aliphatic rings. The number of nitro groups is 1. The van der Waals surface area contributed by atoms with E-state index < -0.39 is 4.92 Å². The average Bonchev–Trinajstić information content (AvgIpc) is 2.33. The van der Waals surface area contributed by atoms with Crippen molar-refractivity contribution in [3.05, 3.63) is 28.3 Å². The predicted molar refractivity (Wildman–Crippen MR) is 81.4 cm³/mol. The predicted octanol–water partition coefficient (Wildman–Crippen LogP) is 4.23. The van der Waals surface area contributed by atoms with Gasteiger partial charge in [-0.2, -0.15) is 0 Å². The van der Waals surface area contributed by atoms with Gasteiger partial charge >= 0.3 is 5.69 Å². The number of hydrogen-bond donors (Lipinski definition) is 1. The molecule has 5 heteroatoms. The lowest BCUT2D eigenvalue weighted by Gasteiger charge is -2.12. The largest absolute Gasteiger partial charge is 0.484 e. The first kappa shape index (κ1) is 16.3. The molecule has 0 radical (unpaired) electrons. The second-order valence-electron chi connectivity index (χ2n) is 5.57. The molecular weight excluding hydrogens is 256 g/mol. The van der Waals surface area contributed by atoms with Crippen molar-refractivity contribution in [2.45, 2.75) is 46.6 Å². The van der Waals surface area contributed by atoms with Crippen LogP contribution in [-0.4, -0.2) is 17.6 Å². The molecule has 0 amide bonds. The van der Waals surface area contributed by atoms with Crippen molar-refractivity contribution in [2.24, 2.45) is 5.92 Å². The maximum atomic E-state index is 11.0. The first-order valence-corrected chi connectivity index (χ1v) is 7.09. The highest BCUT2D eigenvalue weighted by Gasteiger charge is 2.16. The Labute approximate surface area is 120 Å². The smallest absolute Gasteiger partial charge is 0.311 e. The van der Waals surface area contributed by atoms with E-state index >= 15 is 0 Å². The summed E-state index contributed by atoms with van der Waals surface area (Å²) in [5, 5.41) is 14.2. The van der Waals surface area contributed by atoms with Gasteiger partial charge in [-0.05, 0) is 38.7 Å². The van der Waals surface area contributed by atoms with E-state index in [-0.39, 0.29) is 11.8 Å². The molecule has 0 aliphatic carbocycles. The maximum absolute atomic E-state index is 11.0. The first-order valence-electron chi connectivity index (χ1n) is 7.09. The number of nitrogens with one attached hydrogen (secondary N) is 1. The van der Waals surface area contributed by atoms with Gasteiger partial charge < -0.3 is 10.1 Å². The van der Waals surface area contributed by atoms with E-state index in [0.29, 0.717) is 11.7 Å². The number of anilines is 1. The SMILES string of the molecule is CC(C)CCCNc1ccc([N+](=O)[O-])c(OC(C)C)c1. The molecule has 0 bridgehead atoms. The normalized spacial score (nSPS) is 10.9. The van der Waals surface area contributed by atoms with Crippen molar-refractivity contribution < 1.29 is 9.66 Å². The highest BCUT2D eigenvalue weighted by atomic mass is 16.6. The van der Waals surface area contributed by atoms with Gasteiger partial charge in [0, 0.05) is 24.4 Å². The molecule has 1 rings (SSSR count). The van der Waals surface area contributed by atoms with Crippen LogP contribution in [0.4, 0.5) is 11.4 Å². The van der Waals surface area contributed by atoms with Crippen molar-refractivity contribution in [2.75, 3.05) is 11.9 Å². The van der Waals surface area contributed by atoms with Gasteiger partial charge in [0.15, 0.2) is 5.75 Å². The number of benzene rings is 1. The van der Waals surface area contributed by atoms with Gasteiger partial charge in [0.2, 0.25) is 0 Å². The fraction of sp³-hybridized carbons (Fsp3) is 0.600. The zero-order chi connectivity index (χ0) is 15.1. The molecule has 0 atom stereocenters. The lowest BCUT2D eigenvalue weighted by molar-refractivity contribution is -0.386. The Hall–Kier alpha value is -1.78. The Morgan fingerprint density at radius 3 is 2.55 bits per heavy atom. The Morgan fingerprint density at radius 2 is 2.00 bits per heavy atom. The van der Waals surface area contributed by atoms with Crippen LogP contribution in [0.15, 0.2) is 18.2 Å². The summed E-state index contributed by atoms with van der Waals surface area (Å²) >= 11 is 0. The van der Waals surface area contributed by atoms with E-state index in [2.05, 4.69) is 19.2 Å². The van der Waals surface area contributed by atoms with Crippen LogP contribution in [0.1, 0.15) is 40.5 Å². The van der Waals surface area contributed by atoms with Crippen molar-refractivity contribution >= 4 is 11.4 Å². The molecule has 0 spiro atoms. The molecule has 0 heterocycles. The van der Waals surface area contributed by atoms with Crippen molar-refractivity contribution in [1.29, 1.82) is 0 Å². The number of ether oxygens (including phenoxy) is 1. The van der Waals surface area contributed by atoms with Gasteiger partial charge in [-0.25, -0.2) is 0 Å². The van der Waals surface area contributed by atoms with Gasteiger partial charge in [-0.1, -0.05) is 13.8 Å². The van der Waals surface area contributed by atoms with E-state index in [1.54, 1.807) is 12.1 Å². The lowest BCUT2D eigenvalue weighted by Crippen LogP contribution is -2.08. The average molecular weight is 280 g/mol. The highest BCUT2D eigenvalue weighted by molar-refractivity contribution is 5.58. The van der Waals surface area contributed by atoms with Crippen molar-refractivity contribution in [3.8, 4) is 5.75 Å². The zero-order valence-electron chi connectivity index (χ0n) is 12.7. The van der Waals surface area contributed by atoms with Crippen LogP contribution in [0.5, 0.6) is 5.75 Å². The third-order valence-corrected chi connectivity index (χ3v) is 2.81. The first-order chi connectivity index (χ1) is 9.40. The quantitative estimate of drug-likeness (QED) is 0.439. The summed E-state index contributed by atoms with van der Waals surface area (Å²) in [5.74, 6) is 1.01. The van der Waals surface area contributed by atoms with Gasteiger partial charge in [0.1, 0.15) is 0 Å². The number of rotatable bonds is 8. The molecule has 0 aliphatic heterocycles. The fourth-order valence-corrected chi connectivity index (χ4v) is 1.87. The molecule has 0 fully saturated rings. The summed E-state index contributed by atoms with van der Waals surface area (Å²) in [4.78, 5) is 10.5. The second kappa shape index (κ2) is 7.72. The Bertz CT molecular complexity index is 445. The van der Waals surface area contributed by atoms with Gasteiger partial charge in [0.05, 0.1) is 11.0 Å². The third kappa shape index (κ3) is 5.47. The molecule has 0 saturated carbocycles. The van der Waals surface area contributed by atoms with Crippen LogP contribution >= 0.6 is 0 Å². The van der Waals surface area contributed by atoms with Crippen molar-refractivity contribution in [1.82, 2.24) is 0 Å². The van der Waals surface area contributed by atoms with Crippen LogP contribution in [0.25, 0.3) is 0 Å². The molecule has 112 valence electrons. The Morgan fingerprint density at radius 1 is 1.30 bits per heavy atom. The van der Waals surface area contributed by atoms with Gasteiger partial charge in [0.25, 0.3) is 0 Å².